The Bertz CT molecular complexity index is 1370. The maximum absolute atomic E-state index is 13.5. The molecule has 10 nitrogen and oxygen atoms in total. The number of anilines is 2. The van der Waals surface area contributed by atoms with Gasteiger partial charge in [-0.05, 0) is 42.5 Å². The van der Waals surface area contributed by atoms with E-state index in [1.807, 2.05) is 0 Å². The third kappa shape index (κ3) is 5.63. The lowest BCUT2D eigenvalue weighted by atomic mass is 10.1. The van der Waals surface area contributed by atoms with Gasteiger partial charge in [0, 0.05) is 0 Å². The van der Waals surface area contributed by atoms with Crippen molar-refractivity contribution in [2.45, 2.75) is 4.90 Å². The second kappa shape index (κ2) is 11.4. The number of hydrogen-bond acceptors (Lipinski definition) is 8. The zero-order chi connectivity index (χ0) is 26.3. The van der Waals surface area contributed by atoms with Crippen LogP contribution in [0.1, 0.15) is 20.7 Å². The van der Waals surface area contributed by atoms with Crippen LogP contribution in [0.15, 0.2) is 77.7 Å². The number of ether oxygens (including phenoxy) is 3. The first kappa shape index (κ1) is 26.2. The highest BCUT2D eigenvalue weighted by Gasteiger charge is 2.30. The van der Waals surface area contributed by atoms with Gasteiger partial charge < -0.3 is 19.5 Å². The Morgan fingerprint density at radius 3 is 2.11 bits per heavy atom. The summed E-state index contributed by atoms with van der Waals surface area (Å²) in [7, 11) is -0.468. The van der Waals surface area contributed by atoms with Crippen molar-refractivity contribution in [1.82, 2.24) is 0 Å². The van der Waals surface area contributed by atoms with Crippen LogP contribution in [0.3, 0.4) is 0 Å². The van der Waals surface area contributed by atoms with Gasteiger partial charge in [-0.25, -0.2) is 18.0 Å². The molecule has 188 valence electrons. The molecule has 0 aliphatic carbocycles. The molecule has 0 spiro atoms. The zero-order valence-corrected chi connectivity index (χ0v) is 20.6. The van der Waals surface area contributed by atoms with E-state index < -0.39 is 34.4 Å². The number of hydrogen-bond donors (Lipinski definition) is 1. The first-order chi connectivity index (χ1) is 17.2. The summed E-state index contributed by atoms with van der Waals surface area (Å²) in [6, 6.07) is 17.8. The quantitative estimate of drug-likeness (QED) is 0.433. The smallest absolute Gasteiger partial charge is 0.339 e. The fourth-order valence-electron chi connectivity index (χ4n) is 3.36. The van der Waals surface area contributed by atoms with Crippen LogP contribution in [0.4, 0.5) is 11.4 Å². The predicted molar refractivity (Wildman–Crippen MR) is 132 cm³/mol. The monoisotopic (exact) mass is 512 g/mol. The summed E-state index contributed by atoms with van der Waals surface area (Å²) in [5.41, 5.74) is 0.120. The van der Waals surface area contributed by atoms with Crippen molar-refractivity contribution in [3.8, 4) is 5.75 Å². The van der Waals surface area contributed by atoms with Crippen molar-refractivity contribution in [2.24, 2.45) is 0 Å². The minimum atomic E-state index is -4.20. The summed E-state index contributed by atoms with van der Waals surface area (Å²) >= 11 is 0. The first-order valence-corrected chi connectivity index (χ1v) is 12.0. The molecule has 0 radical (unpaired) electrons. The Balaban J connectivity index is 2.03. The van der Waals surface area contributed by atoms with Gasteiger partial charge in [0.25, 0.3) is 10.0 Å². The summed E-state index contributed by atoms with van der Waals surface area (Å²) < 4.78 is 42.8. The number of nitrogens with zero attached hydrogens (tertiary/aromatic N) is 1. The molecule has 3 rings (SSSR count). The molecule has 0 fully saturated rings. The zero-order valence-electron chi connectivity index (χ0n) is 19.8. The van der Waals surface area contributed by atoms with Crippen LogP contribution in [0, 0.1) is 0 Å². The average Bonchev–Trinajstić information content (AvgIpc) is 2.91. The summed E-state index contributed by atoms with van der Waals surface area (Å²) in [4.78, 5) is 37.3. The van der Waals surface area contributed by atoms with Gasteiger partial charge in [-0.1, -0.05) is 30.3 Å². The van der Waals surface area contributed by atoms with Gasteiger partial charge in [-0.15, -0.1) is 0 Å². The highest BCUT2D eigenvalue weighted by atomic mass is 32.2. The lowest BCUT2D eigenvalue weighted by Gasteiger charge is -2.25. The molecule has 1 amide bonds. The van der Waals surface area contributed by atoms with Crippen LogP contribution in [-0.2, 0) is 24.3 Å². The number of rotatable bonds is 9. The van der Waals surface area contributed by atoms with Crippen molar-refractivity contribution >= 4 is 39.2 Å². The lowest BCUT2D eigenvalue weighted by molar-refractivity contribution is -0.114. The number of esters is 2. The number of carbonyl (C=O) groups excluding carboxylic acids is 3. The number of nitrogens with one attached hydrogen (secondary N) is 1. The fraction of sp³-hybridized carbons (Fsp3) is 0.160. The van der Waals surface area contributed by atoms with E-state index in [1.54, 1.807) is 36.4 Å². The Labute approximate surface area is 208 Å². The molecule has 0 saturated heterocycles. The molecule has 0 atom stereocenters. The molecule has 0 aliphatic rings. The molecule has 0 saturated carbocycles. The molecule has 0 aromatic heterocycles. The van der Waals surface area contributed by atoms with E-state index in [0.717, 1.165) is 11.4 Å². The molecule has 11 heteroatoms. The average molecular weight is 513 g/mol. The molecule has 0 heterocycles. The second-order valence-corrected chi connectivity index (χ2v) is 9.15. The number of methoxy groups -OCH3 is 3. The predicted octanol–water partition coefficient (Wildman–Crippen LogP) is 3.10. The molecule has 3 aromatic carbocycles. The van der Waals surface area contributed by atoms with Crippen molar-refractivity contribution in [3.63, 3.8) is 0 Å². The van der Waals surface area contributed by atoms with Gasteiger partial charge in [0.1, 0.15) is 12.3 Å². The van der Waals surface area contributed by atoms with E-state index >= 15 is 0 Å². The largest absolute Gasteiger partial charge is 0.495 e. The lowest BCUT2D eigenvalue weighted by Crippen LogP contribution is -2.38. The van der Waals surface area contributed by atoms with Gasteiger partial charge in [0.2, 0.25) is 5.91 Å². The standard InChI is InChI=1S/C25H24N2O8S/c1-33-22-12-8-7-11-21(22)27(36(31,32)18-9-5-4-6-10-18)16-23(28)26-20-15-17(24(29)34-2)13-14-19(20)25(30)35-3/h4-15H,16H2,1-3H3,(H,26,28). The number of amides is 1. The fourth-order valence-corrected chi connectivity index (χ4v) is 4.81. The third-order valence-electron chi connectivity index (χ3n) is 5.09. The van der Waals surface area contributed by atoms with Crippen molar-refractivity contribution < 1.29 is 37.0 Å². The minimum absolute atomic E-state index is 0.0340. The van der Waals surface area contributed by atoms with Crippen LogP contribution in [0.2, 0.25) is 0 Å². The SMILES string of the molecule is COC(=O)c1ccc(C(=O)OC)c(NC(=O)CN(c2ccccc2OC)S(=O)(=O)c2ccccc2)c1. The number of benzene rings is 3. The van der Waals surface area contributed by atoms with E-state index in [2.05, 4.69) is 5.32 Å². The highest BCUT2D eigenvalue weighted by molar-refractivity contribution is 7.92. The summed E-state index contributed by atoms with van der Waals surface area (Å²) in [6.45, 7) is -0.666. The first-order valence-electron chi connectivity index (χ1n) is 10.5. The Morgan fingerprint density at radius 1 is 0.833 bits per heavy atom. The molecular formula is C25H24N2O8S. The van der Waals surface area contributed by atoms with Gasteiger partial charge in [-0.3, -0.25) is 9.10 Å². The normalized spacial score (nSPS) is 10.8. The summed E-state index contributed by atoms with van der Waals surface area (Å²) in [5.74, 6) is -2.01. The second-order valence-electron chi connectivity index (χ2n) is 7.29. The van der Waals surface area contributed by atoms with Crippen molar-refractivity contribution in [1.29, 1.82) is 0 Å². The van der Waals surface area contributed by atoms with E-state index in [1.165, 1.54) is 50.6 Å². The minimum Gasteiger partial charge on any atom is -0.495 e. The Kier molecular flexibility index (Phi) is 8.28. The maximum atomic E-state index is 13.5. The van der Waals surface area contributed by atoms with Crippen LogP contribution in [-0.4, -0.2) is 54.1 Å². The van der Waals surface area contributed by atoms with Crippen molar-refractivity contribution in [2.75, 3.05) is 37.5 Å². The van der Waals surface area contributed by atoms with Crippen LogP contribution in [0.25, 0.3) is 0 Å². The van der Waals surface area contributed by atoms with Crippen LogP contribution < -0.4 is 14.4 Å². The van der Waals surface area contributed by atoms with Gasteiger partial charge in [0.15, 0.2) is 0 Å². The maximum Gasteiger partial charge on any atom is 0.339 e. The van der Waals surface area contributed by atoms with Crippen LogP contribution in [0.5, 0.6) is 5.75 Å². The molecule has 36 heavy (non-hydrogen) atoms. The van der Waals surface area contributed by atoms with Gasteiger partial charge in [-0.2, -0.15) is 0 Å². The summed E-state index contributed by atoms with van der Waals surface area (Å²) in [6.07, 6.45) is 0. The van der Waals surface area contributed by atoms with E-state index in [4.69, 9.17) is 14.2 Å². The van der Waals surface area contributed by atoms with Gasteiger partial charge >= 0.3 is 11.9 Å². The molecular weight excluding hydrogens is 488 g/mol. The Morgan fingerprint density at radius 2 is 1.47 bits per heavy atom. The molecule has 0 unspecified atom stereocenters. The Hall–Kier alpha value is -4.38. The van der Waals surface area contributed by atoms with Crippen LogP contribution >= 0.6 is 0 Å². The molecule has 0 bridgehead atoms. The highest BCUT2D eigenvalue weighted by Crippen LogP contribution is 2.32. The number of para-hydroxylation sites is 2. The van der Waals surface area contributed by atoms with E-state index in [0.29, 0.717) is 0 Å². The molecule has 3 aromatic rings. The molecule has 0 aliphatic heterocycles. The third-order valence-corrected chi connectivity index (χ3v) is 6.87. The van der Waals surface area contributed by atoms with Crippen molar-refractivity contribution in [3.05, 3.63) is 83.9 Å². The molecule has 1 N–H and O–H groups in total. The van der Waals surface area contributed by atoms with E-state index in [9.17, 15) is 22.8 Å². The number of sulfonamides is 1. The van der Waals surface area contributed by atoms with Gasteiger partial charge in [0.05, 0.1) is 48.7 Å². The van der Waals surface area contributed by atoms with E-state index in [-0.39, 0.29) is 33.1 Å². The summed E-state index contributed by atoms with van der Waals surface area (Å²) in [5, 5.41) is 2.51. The topological polar surface area (TPSA) is 128 Å². The number of carbonyl (C=O) groups is 3.